The molecule has 0 saturated heterocycles. The highest BCUT2D eigenvalue weighted by Crippen LogP contribution is 2.39. The van der Waals surface area contributed by atoms with E-state index in [1.165, 1.54) is 0 Å². The Balaban J connectivity index is 2.10. The summed E-state index contributed by atoms with van der Waals surface area (Å²) in [6, 6.07) is 0.324. The summed E-state index contributed by atoms with van der Waals surface area (Å²) in [5.74, 6) is 1.73. The van der Waals surface area contributed by atoms with E-state index in [2.05, 4.69) is 37.7 Å². The molecule has 0 spiro atoms. The second-order valence-electron chi connectivity index (χ2n) is 7.64. The van der Waals surface area contributed by atoms with E-state index in [1.807, 2.05) is 10.6 Å². The van der Waals surface area contributed by atoms with Crippen molar-refractivity contribution in [1.29, 1.82) is 0 Å². The molecule has 1 aliphatic carbocycles. The number of hydrogen-bond acceptors (Lipinski definition) is 5. The van der Waals surface area contributed by atoms with Gasteiger partial charge < -0.3 is 15.0 Å². The Morgan fingerprint density at radius 2 is 2.19 bits per heavy atom. The molecule has 6 nitrogen and oxygen atoms in total. The molecule has 6 heteroatoms. The fourth-order valence-electron chi connectivity index (χ4n) is 3.94. The molecule has 1 fully saturated rings. The lowest BCUT2D eigenvalue weighted by atomic mass is 9.78. The van der Waals surface area contributed by atoms with Crippen molar-refractivity contribution in [3.05, 3.63) is 24.8 Å². The van der Waals surface area contributed by atoms with Crippen molar-refractivity contribution in [2.45, 2.75) is 77.5 Å². The van der Waals surface area contributed by atoms with Crippen molar-refractivity contribution in [3.8, 4) is 0 Å². The average Bonchev–Trinajstić information content (AvgIpc) is 3.03. The topological polar surface area (TPSA) is 75.9 Å². The van der Waals surface area contributed by atoms with Crippen molar-refractivity contribution >= 4 is 17.0 Å². The summed E-state index contributed by atoms with van der Waals surface area (Å²) < 4.78 is 1.96. The molecule has 0 bridgehead atoms. The van der Waals surface area contributed by atoms with Gasteiger partial charge in [-0.05, 0) is 38.0 Å². The van der Waals surface area contributed by atoms with Gasteiger partial charge in [0.2, 0.25) is 0 Å². The van der Waals surface area contributed by atoms with Crippen molar-refractivity contribution in [3.63, 3.8) is 0 Å². The van der Waals surface area contributed by atoms with Crippen LogP contribution in [0.25, 0.3) is 11.2 Å². The Bertz CT molecular complexity index is 767. The smallest absolute Gasteiger partial charge is 0.166 e. The number of aliphatic hydroxyl groups is 1. The number of nitrogens with zero attached hydrogens (tertiary/aromatic N) is 4. The molecule has 0 radical (unpaired) electrons. The molecule has 2 heterocycles. The summed E-state index contributed by atoms with van der Waals surface area (Å²) in [6.07, 6.45) is 9.18. The number of hydrogen-bond donors (Lipinski definition) is 2. The van der Waals surface area contributed by atoms with Gasteiger partial charge in [-0.25, -0.2) is 15.0 Å². The van der Waals surface area contributed by atoms with Gasteiger partial charge in [-0.15, -0.1) is 6.58 Å². The van der Waals surface area contributed by atoms with E-state index in [0.29, 0.717) is 37.2 Å². The van der Waals surface area contributed by atoms with Gasteiger partial charge in [-0.3, -0.25) is 0 Å². The zero-order valence-electron chi connectivity index (χ0n) is 16.2. The van der Waals surface area contributed by atoms with Crippen LogP contribution >= 0.6 is 0 Å². The van der Waals surface area contributed by atoms with Gasteiger partial charge in [0.15, 0.2) is 17.3 Å². The van der Waals surface area contributed by atoms with Gasteiger partial charge in [0.1, 0.15) is 11.1 Å². The molecule has 0 amide bonds. The standard InChI is InChI=1S/C20H31N5O/c1-5-11-25-13-21-16-17(22-15(6-2)7-3)23-19(24-18(16)25)20(26)10-8-9-14(4)12-20/h5,13-15,26H,1,6-12H2,2-4H3,(H,22,23,24)/t14-,20+/m1/s1. The van der Waals surface area contributed by atoms with Crippen LogP contribution in [0, 0.1) is 5.92 Å². The number of rotatable bonds is 7. The molecule has 2 aromatic rings. The Labute approximate surface area is 155 Å². The minimum Gasteiger partial charge on any atom is -0.382 e. The van der Waals surface area contributed by atoms with Gasteiger partial charge in [-0.1, -0.05) is 33.3 Å². The van der Waals surface area contributed by atoms with E-state index in [-0.39, 0.29) is 0 Å². The number of allylic oxidation sites excluding steroid dienone is 1. The summed E-state index contributed by atoms with van der Waals surface area (Å²) >= 11 is 0. The second-order valence-corrected chi connectivity index (χ2v) is 7.64. The molecule has 1 aliphatic rings. The number of anilines is 1. The first-order valence-corrected chi connectivity index (χ1v) is 9.83. The molecule has 0 aliphatic heterocycles. The third-order valence-electron chi connectivity index (χ3n) is 5.51. The zero-order valence-corrected chi connectivity index (χ0v) is 16.2. The minimum atomic E-state index is -0.959. The molecule has 3 rings (SSSR count). The first-order valence-electron chi connectivity index (χ1n) is 9.83. The SMILES string of the molecule is C=CCn1cnc2c(NC(CC)CC)nc([C@]3(O)CCC[C@@H](C)C3)nc21. The number of imidazole rings is 1. The molecule has 1 saturated carbocycles. The predicted octanol–water partition coefficient (Wildman–Crippen LogP) is 4.01. The van der Waals surface area contributed by atoms with Gasteiger partial charge in [0.25, 0.3) is 0 Å². The van der Waals surface area contributed by atoms with Crippen LogP contribution in [0.4, 0.5) is 5.82 Å². The maximum Gasteiger partial charge on any atom is 0.166 e. The van der Waals surface area contributed by atoms with E-state index < -0.39 is 5.60 Å². The average molecular weight is 358 g/mol. The maximum absolute atomic E-state index is 11.3. The van der Waals surface area contributed by atoms with Crippen molar-refractivity contribution in [2.24, 2.45) is 5.92 Å². The van der Waals surface area contributed by atoms with Crippen LogP contribution in [0.5, 0.6) is 0 Å². The quantitative estimate of drug-likeness (QED) is 0.732. The van der Waals surface area contributed by atoms with E-state index in [4.69, 9.17) is 9.97 Å². The number of nitrogens with one attached hydrogen (secondary N) is 1. The van der Waals surface area contributed by atoms with Crippen molar-refractivity contribution < 1.29 is 5.11 Å². The molecule has 2 aromatic heterocycles. The number of fused-ring (bicyclic) bond motifs is 1. The second kappa shape index (κ2) is 7.74. The Hall–Kier alpha value is -1.95. The highest BCUT2D eigenvalue weighted by molar-refractivity contribution is 5.83. The fraction of sp³-hybridized carbons (Fsp3) is 0.650. The summed E-state index contributed by atoms with van der Waals surface area (Å²) in [6.45, 7) is 11.0. The van der Waals surface area contributed by atoms with E-state index in [1.54, 1.807) is 6.33 Å². The van der Waals surface area contributed by atoms with Crippen LogP contribution in [0.1, 0.15) is 65.1 Å². The highest BCUT2D eigenvalue weighted by Gasteiger charge is 2.38. The molecule has 2 atom stereocenters. The van der Waals surface area contributed by atoms with E-state index in [0.717, 1.165) is 42.7 Å². The van der Waals surface area contributed by atoms with Crippen LogP contribution in [-0.2, 0) is 12.1 Å². The largest absolute Gasteiger partial charge is 0.382 e. The van der Waals surface area contributed by atoms with E-state index >= 15 is 0 Å². The molecular formula is C20H31N5O. The molecule has 0 aromatic carbocycles. The van der Waals surface area contributed by atoms with Crippen LogP contribution in [0.2, 0.25) is 0 Å². The predicted molar refractivity (Wildman–Crippen MR) is 105 cm³/mol. The summed E-state index contributed by atoms with van der Waals surface area (Å²) in [5, 5.41) is 14.8. The lowest BCUT2D eigenvalue weighted by Crippen LogP contribution is -2.34. The van der Waals surface area contributed by atoms with Gasteiger partial charge in [-0.2, -0.15) is 0 Å². The maximum atomic E-state index is 11.3. The third-order valence-corrected chi connectivity index (χ3v) is 5.51. The van der Waals surface area contributed by atoms with Crippen LogP contribution < -0.4 is 5.32 Å². The first kappa shape index (κ1) is 18.8. The van der Waals surface area contributed by atoms with Gasteiger partial charge in [0.05, 0.1) is 6.33 Å². The van der Waals surface area contributed by atoms with Crippen LogP contribution in [0.3, 0.4) is 0 Å². The zero-order chi connectivity index (χ0) is 18.7. The summed E-state index contributed by atoms with van der Waals surface area (Å²) in [5.41, 5.74) is 0.560. The van der Waals surface area contributed by atoms with Gasteiger partial charge >= 0.3 is 0 Å². The van der Waals surface area contributed by atoms with Crippen LogP contribution in [-0.4, -0.2) is 30.7 Å². The first-order chi connectivity index (χ1) is 12.5. The van der Waals surface area contributed by atoms with Crippen molar-refractivity contribution in [1.82, 2.24) is 19.5 Å². The summed E-state index contributed by atoms with van der Waals surface area (Å²) in [7, 11) is 0. The molecule has 26 heavy (non-hydrogen) atoms. The van der Waals surface area contributed by atoms with Crippen LogP contribution in [0.15, 0.2) is 19.0 Å². The van der Waals surface area contributed by atoms with E-state index in [9.17, 15) is 5.11 Å². The Kier molecular flexibility index (Phi) is 5.61. The molecular weight excluding hydrogens is 326 g/mol. The minimum absolute atomic E-state index is 0.324. The molecule has 2 N–H and O–H groups in total. The normalized spacial score (nSPS) is 23.5. The van der Waals surface area contributed by atoms with Gasteiger partial charge in [0, 0.05) is 12.6 Å². The molecule has 0 unspecified atom stereocenters. The van der Waals surface area contributed by atoms with Crippen molar-refractivity contribution in [2.75, 3.05) is 5.32 Å². The lowest BCUT2D eigenvalue weighted by Gasteiger charge is -2.34. The Morgan fingerprint density at radius 3 is 2.85 bits per heavy atom. The highest BCUT2D eigenvalue weighted by atomic mass is 16.3. The fourth-order valence-corrected chi connectivity index (χ4v) is 3.94. The Morgan fingerprint density at radius 1 is 1.42 bits per heavy atom. The monoisotopic (exact) mass is 357 g/mol. The molecule has 142 valence electrons. The summed E-state index contributed by atoms with van der Waals surface area (Å²) in [4.78, 5) is 14.0. The number of aromatic nitrogens is 4. The lowest BCUT2D eigenvalue weighted by molar-refractivity contribution is -0.0253. The third kappa shape index (κ3) is 3.61.